The minimum absolute atomic E-state index is 0.00731. The van der Waals surface area contributed by atoms with Gasteiger partial charge in [-0.1, -0.05) is 44.2 Å². The van der Waals surface area contributed by atoms with E-state index in [0.717, 1.165) is 12.2 Å². The van der Waals surface area contributed by atoms with E-state index in [9.17, 15) is 4.79 Å². The molecule has 2 aromatic rings. The Labute approximate surface area is 132 Å². The van der Waals surface area contributed by atoms with Gasteiger partial charge in [-0.15, -0.1) is 0 Å². The van der Waals surface area contributed by atoms with Crippen molar-refractivity contribution in [3.8, 4) is 0 Å². The van der Waals surface area contributed by atoms with Gasteiger partial charge in [0.15, 0.2) is 0 Å². The van der Waals surface area contributed by atoms with Gasteiger partial charge in [0.2, 0.25) is 5.91 Å². The summed E-state index contributed by atoms with van der Waals surface area (Å²) >= 11 is 0. The molecule has 0 aliphatic heterocycles. The highest BCUT2D eigenvalue weighted by Gasteiger charge is 2.07. The second-order valence-electron chi connectivity index (χ2n) is 5.89. The molecule has 2 rings (SSSR count). The van der Waals surface area contributed by atoms with Gasteiger partial charge in [0.05, 0.1) is 11.9 Å². The van der Waals surface area contributed by atoms with Crippen LogP contribution in [-0.4, -0.2) is 17.9 Å². The number of rotatable bonds is 6. The lowest BCUT2D eigenvalue weighted by Gasteiger charge is -2.19. The first-order valence-corrected chi connectivity index (χ1v) is 7.55. The molecule has 1 aromatic heterocycles. The number of benzene rings is 1. The Morgan fingerprint density at radius 1 is 1.18 bits per heavy atom. The zero-order valence-corrected chi connectivity index (χ0v) is 13.4. The summed E-state index contributed by atoms with van der Waals surface area (Å²) in [6.07, 6.45) is 2.30. The van der Waals surface area contributed by atoms with Crippen LogP contribution in [0.15, 0.2) is 48.7 Å². The molecule has 4 heteroatoms. The Kier molecular flexibility index (Phi) is 5.53. The number of anilines is 2. The number of nitrogens with zero attached hydrogens (tertiary/aromatic N) is 2. The van der Waals surface area contributed by atoms with Crippen molar-refractivity contribution in [1.82, 2.24) is 4.98 Å². The molecule has 1 amide bonds. The summed E-state index contributed by atoms with van der Waals surface area (Å²) in [7, 11) is 2.03. The zero-order chi connectivity index (χ0) is 15.9. The van der Waals surface area contributed by atoms with Gasteiger partial charge in [0.25, 0.3) is 0 Å². The Morgan fingerprint density at radius 3 is 2.50 bits per heavy atom. The molecular weight excluding hydrogens is 274 g/mol. The normalized spacial score (nSPS) is 10.5. The summed E-state index contributed by atoms with van der Waals surface area (Å²) in [5, 5.41) is 2.82. The van der Waals surface area contributed by atoms with E-state index in [-0.39, 0.29) is 5.91 Å². The summed E-state index contributed by atoms with van der Waals surface area (Å²) in [6, 6.07) is 14.1. The van der Waals surface area contributed by atoms with Gasteiger partial charge in [-0.25, -0.2) is 4.98 Å². The molecule has 0 unspecified atom stereocenters. The van der Waals surface area contributed by atoms with E-state index in [2.05, 4.69) is 27.3 Å². The highest BCUT2D eigenvalue weighted by atomic mass is 16.1. The van der Waals surface area contributed by atoms with E-state index in [1.807, 2.05) is 51.2 Å². The highest BCUT2D eigenvalue weighted by molar-refractivity contribution is 5.89. The first-order chi connectivity index (χ1) is 10.5. The van der Waals surface area contributed by atoms with Gasteiger partial charge in [-0.3, -0.25) is 4.79 Å². The summed E-state index contributed by atoms with van der Waals surface area (Å²) in [6.45, 7) is 4.87. The molecule has 1 heterocycles. The number of carbonyl (C=O) groups is 1. The smallest absolute Gasteiger partial charge is 0.225 e. The van der Waals surface area contributed by atoms with Crippen LogP contribution in [-0.2, 0) is 11.3 Å². The Hall–Kier alpha value is -2.36. The van der Waals surface area contributed by atoms with Gasteiger partial charge in [0.1, 0.15) is 5.82 Å². The molecule has 22 heavy (non-hydrogen) atoms. The topological polar surface area (TPSA) is 45.2 Å². The van der Waals surface area contributed by atoms with Crippen molar-refractivity contribution in [3.05, 3.63) is 54.2 Å². The largest absolute Gasteiger partial charge is 0.369 e. The van der Waals surface area contributed by atoms with Crippen molar-refractivity contribution in [2.45, 2.75) is 26.8 Å². The van der Waals surface area contributed by atoms with Crippen LogP contribution in [0.3, 0.4) is 0 Å². The molecule has 0 atom stereocenters. The van der Waals surface area contributed by atoms with Crippen LogP contribution in [0.25, 0.3) is 0 Å². The van der Waals surface area contributed by atoms with Crippen LogP contribution in [0.5, 0.6) is 0 Å². The van der Waals surface area contributed by atoms with Crippen LogP contribution in [0.2, 0.25) is 0 Å². The molecule has 4 nitrogen and oxygen atoms in total. The van der Waals surface area contributed by atoms with Crippen molar-refractivity contribution in [1.29, 1.82) is 0 Å². The molecule has 0 saturated heterocycles. The minimum atomic E-state index is 0.00731. The fourth-order valence-corrected chi connectivity index (χ4v) is 2.20. The number of carbonyl (C=O) groups excluding carboxylic acids is 1. The SMILES string of the molecule is CC(C)CC(=O)Nc1ccc(N(C)Cc2ccccc2)cn1. The molecular formula is C18H23N3O. The van der Waals surface area contributed by atoms with Gasteiger partial charge in [-0.2, -0.15) is 0 Å². The van der Waals surface area contributed by atoms with E-state index >= 15 is 0 Å². The molecule has 0 saturated carbocycles. The fourth-order valence-electron chi connectivity index (χ4n) is 2.20. The predicted molar refractivity (Wildman–Crippen MR) is 90.9 cm³/mol. The highest BCUT2D eigenvalue weighted by Crippen LogP contribution is 2.16. The predicted octanol–water partition coefficient (Wildman–Crippen LogP) is 3.70. The number of aromatic nitrogens is 1. The molecule has 0 bridgehead atoms. The standard InChI is InChI=1S/C18H23N3O/c1-14(2)11-18(22)20-17-10-9-16(12-19-17)21(3)13-15-7-5-4-6-8-15/h4-10,12,14H,11,13H2,1-3H3,(H,19,20,22). The average Bonchev–Trinajstić information content (AvgIpc) is 2.48. The average molecular weight is 297 g/mol. The Balaban J connectivity index is 1.95. The second kappa shape index (κ2) is 7.59. The van der Waals surface area contributed by atoms with Crippen molar-refractivity contribution < 1.29 is 4.79 Å². The maximum Gasteiger partial charge on any atom is 0.225 e. The summed E-state index contributed by atoms with van der Waals surface area (Å²) in [4.78, 5) is 18.2. The van der Waals surface area contributed by atoms with Crippen molar-refractivity contribution >= 4 is 17.4 Å². The van der Waals surface area contributed by atoms with Gasteiger partial charge >= 0.3 is 0 Å². The van der Waals surface area contributed by atoms with E-state index < -0.39 is 0 Å². The van der Waals surface area contributed by atoms with Crippen molar-refractivity contribution in [2.24, 2.45) is 5.92 Å². The van der Waals surface area contributed by atoms with E-state index in [1.165, 1.54) is 5.56 Å². The third kappa shape index (κ3) is 4.88. The van der Waals surface area contributed by atoms with Gasteiger partial charge in [-0.05, 0) is 23.6 Å². The molecule has 0 radical (unpaired) electrons. The van der Waals surface area contributed by atoms with E-state index in [4.69, 9.17) is 0 Å². The van der Waals surface area contributed by atoms with Crippen LogP contribution >= 0.6 is 0 Å². The first kappa shape index (κ1) is 16.0. The summed E-state index contributed by atoms with van der Waals surface area (Å²) in [5.74, 6) is 0.951. The molecule has 116 valence electrons. The molecule has 0 aliphatic carbocycles. The second-order valence-corrected chi connectivity index (χ2v) is 5.89. The molecule has 1 N–H and O–H groups in total. The Bertz CT molecular complexity index is 593. The Morgan fingerprint density at radius 2 is 1.91 bits per heavy atom. The fraction of sp³-hybridized carbons (Fsp3) is 0.333. The number of hydrogen-bond acceptors (Lipinski definition) is 3. The maximum absolute atomic E-state index is 11.7. The number of nitrogens with one attached hydrogen (secondary N) is 1. The first-order valence-electron chi connectivity index (χ1n) is 7.55. The number of amides is 1. The third-order valence-corrected chi connectivity index (χ3v) is 3.31. The van der Waals surface area contributed by atoms with E-state index in [1.54, 1.807) is 6.20 Å². The zero-order valence-electron chi connectivity index (χ0n) is 13.4. The van der Waals surface area contributed by atoms with Gasteiger partial charge in [0, 0.05) is 20.0 Å². The summed E-state index contributed by atoms with van der Waals surface area (Å²) in [5.41, 5.74) is 2.27. The quantitative estimate of drug-likeness (QED) is 0.884. The van der Waals surface area contributed by atoms with Crippen molar-refractivity contribution in [3.63, 3.8) is 0 Å². The van der Waals surface area contributed by atoms with Crippen LogP contribution < -0.4 is 10.2 Å². The van der Waals surface area contributed by atoms with Gasteiger partial charge < -0.3 is 10.2 Å². The number of pyridine rings is 1. The lowest BCUT2D eigenvalue weighted by Crippen LogP contribution is -2.17. The lowest BCUT2D eigenvalue weighted by atomic mass is 10.1. The minimum Gasteiger partial charge on any atom is -0.369 e. The van der Waals surface area contributed by atoms with Crippen LogP contribution in [0, 0.1) is 5.92 Å². The van der Waals surface area contributed by atoms with E-state index in [0.29, 0.717) is 18.2 Å². The summed E-state index contributed by atoms with van der Waals surface area (Å²) < 4.78 is 0. The van der Waals surface area contributed by atoms with Crippen molar-refractivity contribution in [2.75, 3.05) is 17.3 Å². The molecule has 0 fully saturated rings. The molecule has 0 spiro atoms. The molecule has 0 aliphatic rings. The third-order valence-electron chi connectivity index (χ3n) is 3.31. The van der Waals surface area contributed by atoms with Crippen LogP contribution in [0.1, 0.15) is 25.8 Å². The molecule has 1 aromatic carbocycles. The monoisotopic (exact) mass is 297 g/mol. The number of hydrogen-bond donors (Lipinski definition) is 1. The lowest BCUT2D eigenvalue weighted by molar-refractivity contribution is -0.116. The van der Waals surface area contributed by atoms with Crippen LogP contribution in [0.4, 0.5) is 11.5 Å². The maximum atomic E-state index is 11.7.